The third kappa shape index (κ3) is 7.96. The van der Waals surface area contributed by atoms with Crippen molar-refractivity contribution >= 4 is 54.6 Å². The van der Waals surface area contributed by atoms with Gasteiger partial charge >= 0.3 is 35.5 Å². The van der Waals surface area contributed by atoms with Crippen LogP contribution in [0.25, 0.3) is 0 Å². The van der Waals surface area contributed by atoms with E-state index in [0.29, 0.717) is 0 Å². The van der Waals surface area contributed by atoms with Crippen molar-refractivity contribution in [3.05, 3.63) is 108 Å². The first-order valence-electron chi connectivity index (χ1n) is 14.4. The fourth-order valence-corrected chi connectivity index (χ4v) is 6.32. The molecule has 52 heavy (non-hydrogen) atoms. The molecule has 0 aromatic heterocycles. The molecule has 0 radical (unpaired) electrons. The second kappa shape index (κ2) is 14.1. The molecule has 2 amide bonds. The molecule has 0 heterocycles. The van der Waals surface area contributed by atoms with Gasteiger partial charge in [-0.25, -0.2) is 16.8 Å². The molecule has 4 N–H and O–H groups in total. The highest BCUT2D eigenvalue weighted by Gasteiger charge is 2.84. The van der Waals surface area contributed by atoms with Crippen LogP contribution >= 0.6 is 0 Å². The zero-order valence-corrected chi connectivity index (χ0v) is 28.2. The number of anilines is 4. The van der Waals surface area contributed by atoms with Crippen LogP contribution in [0.1, 0.15) is 11.1 Å². The van der Waals surface area contributed by atoms with Gasteiger partial charge in [0.2, 0.25) is 0 Å². The normalized spacial score (nSPS) is 12.9. The Bertz CT molecular complexity index is 2010. The van der Waals surface area contributed by atoms with Crippen molar-refractivity contribution in [2.75, 3.05) is 20.1 Å². The van der Waals surface area contributed by atoms with Gasteiger partial charge in [0, 0.05) is 22.7 Å². The lowest BCUT2D eigenvalue weighted by atomic mass is 9.97. The van der Waals surface area contributed by atoms with E-state index in [-0.39, 0.29) is 21.2 Å². The Kier molecular flexibility index (Phi) is 10.7. The maximum Gasteiger partial charge on any atom is 0.393 e. The second-order valence-corrected chi connectivity index (χ2v) is 14.6. The number of carbonyl (C=O) groups is 2. The number of sulfonamides is 2. The zero-order chi connectivity index (χ0) is 38.9. The molecule has 0 atom stereocenters. The molecule has 0 unspecified atom stereocenters. The monoisotopic (exact) mass is 778 g/mol. The van der Waals surface area contributed by atoms with Crippen LogP contribution in [0.3, 0.4) is 0 Å². The smallest absolute Gasteiger partial charge is 0.321 e. The number of rotatable bonds is 13. The summed E-state index contributed by atoms with van der Waals surface area (Å²) in [7, 11) is -8.31. The number of amides is 2. The van der Waals surface area contributed by atoms with E-state index >= 15 is 0 Å². The number of hydrogen-bond acceptors (Lipinski definition) is 6. The minimum absolute atomic E-state index is 0.166. The average molecular weight is 779 g/mol. The van der Waals surface area contributed by atoms with Crippen LogP contribution in [-0.2, 0) is 29.6 Å². The third-order valence-corrected chi connectivity index (χ3v) is 10.0. The van der Waals surface area contributed by atoms with E-state index in [1.165, 1.54) is 59.2 Å². The van der Waals surface area contributed by atoms with Gasteiger partial charge in [-0.05, 0) is 86.6 Å². The molecule has 0 aliphatic rings. The summed E-state index contributed by atoms with van der Waals surface area (Å²) in [4.78, 5) is 23.9. The molecule has 0 aliphatic carbocycles. The topological polar surface area (TPSA) is 151 Å². The molecule has 0 fully saturated rings. The van der Waals surface area contributed by atoms with Crippen molar-refractivity contribution < 1.29 is 61.5 Å². The molecule has 20 heteroatoms. The summed E-state index contributed by atoms with van der Waals surface area (Å²) >= 11 is 0. The molecule has 10 nitrogen and oxygen atoms in total. The van der Waals surface area contributed by atoms with Crippen LogP contribution in [0.5, 0.6) is 0 Å². The van der Waals surface area contributed by atoms with Crippen molar-refractivity contribution in [2.45, 2.75) is 47.3 Å². The van der Waals surface area contributed by atoms with Crippen LogP contribution in [0.2, 0.25) is 0 Å². The van der Waals surface area contributed by atoms with Gasteiger partial charge in [0.1, 0.15) is 0 Å². The maximum atomic E-state index is 14.6. The van der Waals surface area contributed by atoms with Gasteiger partial charge < -0.3 is 10.6 Å². The third-order valence-electron chi connectivity index (χ3n) is 7.21. The summed E-state index contributed by atoms with van der Waals surface area (Å²) in [5, 5.41) is 2.34. The summed E-state index contributed by atoms with van der Waals surface area (Å²) < 4.78 is 171. The van der Waals surface area contributed by atoms with Gasteiger partial charge in [-0.15, -0.1) is 0 Å². The Morgan fingerprint density at radius 1 is 0.442 bits per heavy atom. The predicted molar refractivity (Wildman–Crippen MR) is 174 cm³/mol. The van der Waals surface area contributed by atoms with Crippen molar-refractivity contribution in [3.63, 3.8) is 0 Å². The summed E-state index contributed by atoms with van der Waals surface area (Å²) in [5.74, 6) is -33.8. The first-order chi connectivity index (χ1) is 23.9. The molecule has 0 aliphatic heterocycles. The van der Waals surface area contributed by atoms with Crippen molar-refractivity contribution in [1.29, 1.82) is 0 Å². The SMILES string of the molecule is Cc1ccc(S(=O)(=O)Nc2ccc(NC(=O)C(F)(F)C(F)(F)C(F)(F)C(F)(F)C(=O)Nc3ccc(NS(=O)(=O)c4ccc(C)cc4)cc3)cc2)cc1. The minimum atomic E-state index is -7.17. The molecule has 278 valence electrons. The lowest BCUT2D eigenvalue weighted by molar-refractivity contribution is -0.345. The fraction of sp³-hybridized carbons (Fsp3) is 0.188. The second-order valence-electron chi connectivity index (χ2n) is 11.2. The fourth-order valence-electron chi connectivity index (χ4n) is 4.20. The van der Waals surface area contributed by atoms with E-state index in [1.54, 1.807) is 13.8 Å². The first kappa shape index (κ1) is 39.5. The van der Waals surface area contributed by atoms with E-state index < -0.39 is 66.9 Å². The van der Waals surface area contributed by atoms with Crippen LogP contribution < -0.4 is 20.1 Å². The van der Waals surface area contributed by atoms with Crippen molar-refractivity contribution in [3.8, 4) is 0 Å². The van der Waals surface area contributed by atoms with E-state index in [0.717, 1.165) is 59.7 Å². The van der Waals surface area contributed by atoms with Crippen LogP contribution in [-0.4, -0.2) is 52.3 Å². The molecule has 4 aromatic rings. The number of nitrogens with one attached hydrogen (secondary N) is 4. The van der Waals surface area contributed by atoms with Gasteiger partial charge in [-0.1, -0.05) is 35.4 Å². The highest BCUT2D eigenvalue weighted by molar-refractivity contribution is 7.93. The molecule has 0 spiro atoms. The average Bonchev–Trinajstić information content (AvgIpc) is 3.06. The highest BCUT2D eigenvalue weighted by Crippen LogP contribution is 2.53. The maximum absolute atomic E-state index is 14.6. The molecule has 4 rings (SSSR count). The number of hydrogen-bond donors (Lipinski definition) is 4. The van der Waals surface area contributed by atoms with Crippen LogP contribution in [0.4, 0.5) is 57.9 Å². The number of benzene rings is 4. The Morgan fingerprint density at radius 3 is 0.962 bits per heavy atom. The summed E-state index contributed by atoms with van der Waals surface area (Å²) in [6.07, 6.45) is 0. The highest BCUT2D eigenvalue weighted by atomic mass is 32.2. The molecular weight excluding hydrogens is 752 g/mol. The molecule has 0 saturated heterocycles. The number of carbonyl (C=O) groups excluding carboxylic acids is 2. The standard InChI is InChI=1S/C32H26F8N4O6S2/c1-19-3-15-25(16-4-19)51(47,48)43-23-11-7-21(8-12-23)41-27(45)29(33,34)31(37,38)32(39,40)30(35,36)28(46)42-22-9-13-24(14-10-22)44-52(49,50)26-17-5-20(2)6-18-26/h3-18,43-44H,1-2H3,(H,41,45)(H,42,46). The van der Waals surface area contributed by atoms with E-state index in [4.69, 9.17) is 0 Å². The van der Waals surface area contributed by atoms with Gasteiger partial charge in [0.15, 0.2) is 0 Å². The number of halogens is 8. The van der Waals surface area contributed by atoms with Gasteiger partial charge in [0.05, 0.1) is 9.79 Å². The largest absolute Gasteiger partial charge is 0.393 e. The predicted octanol–water partition coefficient (Wildman–Crippen LogP) is 7.02. The van der Waals surface area contributed by atoms with Crippen molar-refractivity contribution in [2.24, 2.45) is 0 Å². The Hall–Kier alpha value is -5.24. The zero-order valence-electron chi connectivity index (χ0n) is 26.5. The van der Waals surface area contributed by atoms with E-state index in [1.807, 2.05) is 0 Å². The summed E-state index contributed by atoms with van der Waals surface area (Å²) in [6.45, 7) is 3.40. The first-order valence-corrected chi connectivity index (χ1v) is 17.4. The molecule has 0 saturated carbocycles. The Labute approximate surface area is 291 Å². The van der Waals surface area contributed by atoms with Gasteiger partial charge in [-0.2, -0.15) is 35.1 Å². The Morgan fingerprint density at radius 2 is 0.692 bits per heavy atom. The summed E-state index contributed by atoms with van der Waals surface area (Å²) in [5.41, 5.74) is -0.416. The van der Waals surface area contributed by atoms with Crippen LogP contribution in [0.15, 0.2) is 107 Å². The van der Waals surface area contributed by atoms with Crippen molar-refractivity contribution in [1.82, 2.24) is 0 Å². The molecule has 4 aromatic carbocycles. The van der Waals surface area contributed by atoms with Crippen LogP contribution in [0, 0.1) is 13.8 Å². The quantitative estimate of drug-likeness (QED) is 0.107. The minimum Gasteiger partial charge on any atom is -0.321 e. The molecule has 0 bridgehead atoms. The van der Waals surface area contributed by atoms with E-state index in [9.17, 15) is 61.5 Å². The van der Waals surface area contributed by atoms with E-state index in [2.05, 4.69) is 9.44 Å². The Balaban J connectivity index is 1.43. The van der Waals surface area contributed by atoms with Gasteiger partial charge in [0.25, 0.3) is 20.0 Å². The van der Waals surface area contributed by atoms with Gasteiger partial charge in [-0.3, -0.25) is 19.0 Å². The molecular formula is C32H26F8N4O6S2. The number of aryl methyl sites for hydroxylation is 2. The summed E-state index contributed by atoms with van der Waals surface area (Å²) in [6, 6.07) is 17.5. The lowest BCUT2D eigenvalue weighted by Crippen LogP contribution is -2.67. The number of alkyl halides is 8. The lowest BCUT2D eigenvalue weighted by Gasteiger charge is -2.35.